The molecule has 0 spiro atoms. The van der Waals surface area contributed by atoms with Gasteiger partial charge in [0.15, 0.2) is 0 Å². The molecule has 1 rings (SSSR count). The number of carboxylic acids is 3. The van der Waals surface area contributed by atoms with E-state index >= 15 is 0 Å². The fraction of sp³-hybridized carbons (Fsp3) is 0.719. The van der Waals surface area contributed by atoms with Crippen LogP contribution in [0.2, 0.25) is 0 Å². The zero-order chi connectivity index (χ0) is 40.4. The summed E-state index contributed by atoms with van der Waals surface area (Å²) in [6.45, 7) is 4.51. The average molecular weight is 759 g/mol. The SMILES string of the molecule is CC(C)C[C@H](NC(=O)[C@H](CCCCN)NC(=O)CNC(=O)[C@@H]1CCCN1C(=O)[C@@H](N)CC(=O)O)C(=O)N[C@H](C(=O)N[C@@H](CCC(=O)O)C(=O)O)[C@@H](C)O. The lowest BCUT2D eigenvalue weighted by Crippen LogP contribution is -2.60. The normalized spacial score (nSPS) is 17.3. The minimum Gasteiger partial charge on any atom is -0.481 e. The molecule has 0 aromatic carbocycles. The molecule has 0 aromatic rings. The van der Waals surface area contributed by atoms with Gasteiger partial charge in [0.1, 0.15) is 30.2 Å². The highest BCUT2D eigenvalue weighted by Gasteiger charge is 2.37. The van der Waals surface area contributed by atoms with Gasteiger partial charge in [-0.2, -0.15) is 0 Å². The number of hydrogen-bond donors (Lipinski definition) is 11. The molecule has 1 heterocycles. The average Bonchev–Trinajstić information content (AvgIpc) is 3.56. The van der Waals surface area contributed by atoms with Gasteiger partial charge in [-0.1, -0.05) is 13.8 Å². The molecule has 0 radical (unpaired) electrons. The summed E-state index contributed by atoms with van der Waals surface area (Å²) in [5.74, 6) is -9.30. The lowest BCUT2D eigenvalue weighted by Gasteiger charge is -2.28. The van der Waals surface area contributed by atoms with E-state index in [4.69, 9.17) is 21.7 Å². The second-order valence-corrected chi connectivity index (χ2v) is 13.3. The number of amides is 6. The van der Waals surface area contributed by atoms with Crippen molar-refractivity contribution in [2.45, 2.75) is 121 Å². The van der Waals surface area contributed by atoms with Crippen molar-refractivity contribution >= 4 is 53.4 Å². The highest BCUT2D eigenvalue weighted by atomic mass is 16.4. The molecule has 0 unspecified atom stereocenters. The number of aliphatic hydroxyl groups is 1. The van der Waals surface area contributed by atoms with E-state index in [0.29, 0.717) is 19.3 Å². The van der Waals surface area contributed by atoms with Crippen LogP contribution in [0.5, 0.6) is 0 Å². The Morgan fingerprint density at radius 1 is 0.792 bits per heavy atom. The number of aliphatic carboxylic acids is 3. The van der Waals surface area contributed by atoms with Gasteiger partial charge in [-0.25, -0.2) is 4.79 Å². The van der Waals surface area contributed by atoms with Gasteiger partial charge in [-0.3, -0.25) is 38.4 Å². The number of carboxylic acid groups (broad SMARTS) is 3. The molecule has 1 saturated heterocycles. The van der Waals surface area contributed by atoms with Crippen molar-refractivity contribution in [3.05, 3.63) is 0 Å². The molecule has 0 aromatic heterocycles. The lowest BCUT2D eigenvalue weighted by atomic mass is 10.0. The zero-order valence-electron chi connectivity index (χ0n) is 30.2. The van der Waals surface area contributed by atoms with E-state index in [1.807, 2.05) is 0 Å². The number of likely N-dealkylation sites (tertiary alicyclic amines) is 1. The molecular weight excluding hydrogens is 704 g/mol. The Morgan fingerprint density at radius 2 is 1.42 bits per heavy atom. The molecular formula is C32H54N8O13. The first kappa shape index (κ1) is 46.1. The number of nitrogens with zero attached hydrogens (tertiary/aromatic N) is 1. The Hall–Kier alpha value is -4.89. The third-order valence-electron chi connectivity index (χ3n) is 8.24. The fourth-order valence-electron chi connectivity index (χ4n) is 5.50. The Balaban J connectivity index is 3.04. The van der Waals surface area contributed by atoms with Crippen LogP contribution in [0, 0.1) is 5.92 Å². The van der Waals surface area contributed by atoms with E-state index in [2.05, 4.69) is 26.6 Å². The van der Waals surface area contributed by atoms with E-state index < -0.39 is 122 Å². The van der Waals surface area contributed by atoms with Crippen LogP contribution in [-0.4, -0.2) is 141 Å². The van der Waals surface area contributed by atoms with E-state index in [9.17, 15) is 53.4 Å². The van der Waals surface area contributed by atoms with E-state index in [1.165, 1.54) is 4.90 Å². The largest absolute Gasteiger partial charge is 0.481 e. The highest BCUT2D eigenvalue weighted by Crippen LogP contribution is 2.19. The van der Waals surface area contributed by atoms with Crippen LogP contribution < -0.4 is 38.1 Å². The Labute approximate surface area is 306 Å². The maximum Gasteiger partial charge on any atom is 0.326 e. The minimum atomic E-state index is -1.69. The van der Waals surface area contributed by atoms with Crippen molar-refractivity contribution in [1.29, 1.82) is 0 Å². The van der Waals surface area contributed by atoms with Crippen LogP contribution >= 0.6 is 0 Å². The molecule has 7 atom stereocenters. The summed E-state index contributed by atoms with van der Waals surface area (Å²) in [4.78, 5) is 113. The van der Waals surface area contributed by atoms with Crippen molar-refractivity contribution in [3.63, 3.8) is 0 Å². The fourth-order valence-corrected chi connectivity index (χ4v) is 5.50. The summed E-state index contributed by atoms with van der Waals surface area (Å²) in [7, 11) is 0. The van der Waals surface area contributed by atoms with Crippen molar-refractivity contribution in [2.24, 2.45) is 17.4 Å². The molecule has 21 nitrogen and oxygen atoms in total. The van der Waals surface area contributed by atoms with Crippen LogP contribution in [0.4, 0.5) is 0 Å². The van der Waals surface area contributed by atoms with Gasteiger partial charge in [-0.05, 0) is 64.3 Å². The minimum absolute atomic E-state index is 0.0361. The maximum absolute atomic E-state index is 13.5. The first-order chi connectivity index (χ1) is 24.8. The topological polar surface area (TPSA) is 350 Å². The van der Waals surface area contributed by atoms with E-state index in [-0.39, 0.29) is 38.3 Å². The number of nitrogens with two attached hydrogens (primary N) is 2. The standard InChI is InChI=1S/C32H54N8O13/c1-16(2)13-21(28(48)39-26(17(3)41)30(50)37-20(32(52)53)9-10-24(43)44)38-27(47)19(7-4-5-11-33)36-23(42)15-35-29(49)22-8-6-12-40(22)31(51)18(34)14-25(45)46/h16-22,26,41H,4-15,33-34H2,1-3H3,(H,35,49)(H,36,42)(H,37,50)(H,38,47)(H,39,48)(H,43,44)(H,45,46)(H,52,53)/t17-,18+,19+,20+,21+,22+,26+/m1/s1. The molecule has 1 aliphatic heterocycles. The zero-order valence-corrected chi connectivity index (χ0v) is 30.2. The first-order valence-electron chi connectivity index (χ1n) is 17.4. The number of nitrogens with one attached hydrogen (secondary N) is 5. The van der Waals surface area contributed by atoms with Gasteiger partial charge in [0.25, 0.3) is 0 Å². The molecule has 0 bridgehead atoms. The van der Waals surface area contributed by atoms with Gasteiger partial charge < -0.3 is 63.4 Å². The van der Waals surface area contributed by atoms with Gasteiger partial charge in [0.05, 0.1) is 25.1 Å². The maximum atomic E-state index is 13.5. The van der Waals surface area contributed by atoms with Crippen LogP contribution in [-0.2, 0) is 43.2 Å². The molecule has 0 aliphatic carbocycles. The van der Waals surface area contributed by atoms with Crippen LogP contribution in [0.15, 0.2) is 0 Å². The second-order valence-electron chi connectivity index (χ2n) is 13.3. The van der Waals surface area contributed by atoms with Crippen molar-refractivity contribution in [3.8, 4) is 0 Å². The third-order valence-corrected chi connectivity index (χ3v) is 8.24. The molecule has 6 amide bonds. The summed E-state index contributed by atoms with van der Waals surface area (Å²) in [5.41, 5.74) is 11.3. The summed E-state index contributed by atoms with van der Waals surface area (Å²) in [6, 6.07) is -8.18. The second kappa shape index (κ2) is 22.9. The molecule has 0 saturated carbocycles. The number of aliphatic hydroxyl groups excluding tert-OH is 1. The Kier molecular flexibility index (Phi) is 19.9. The molecule has 1 aliphatic rings. The predicted octanol–water partition coefficient (Wildman–Crippen LogP) is -3.66. The molecule has 21 heteroatoms. The number of hydrogen-bond acceptors (Lipinski definition) is 12. The predicted molar refractivity (Wildman–Crippen MR) is 184 cm³/mol. The number of rotatable bonds is 24. The summed E-state index contributed by atoms with van der Waals surface area (Å²) < 4.78 is 0. The van der Waals surface area contributed by atoms with Crippen molar-refractivity contribution in [2.75, 3.05) is 19.6 Å². The lowest BCUT2D eigenvalue weighted by molar-refractivity contribution is -0.144. The van der Waals surface area contributed by atoms with Gasteiger partial charge >= 0.3 is 17.9 Å². The van der Waals surface area contributed by atoms with Gasteiger partial charge in [0, 0.05) is 13.0 Å². The van der Waals surface area contributed by atoms with Gasteiger partial charge in [0.2, 0.25) is 35.4 Å². The highest BCUT2D eigenvalue weighted by molar-refractivity contribution is 5.96. The molecule has 1 fully saturated rings. The number of carbonyl (C=O) groups is 9. The number of carbonyl (C=O) groups excluding carboxylic acids is 6. The van der Waals surface area contributed by atoms with E-state index in [1.54, 1.807) is 13.8 Å². The Bertz CT molecular complexity index is 1330. The van der Waals surface area contributed by atoms with Gasteiger partial charge in [-0.15, -0.1) is 0 Å². The molecule has 300 valence electrons. The quantitative estimate of drug-likeness (QED) is 0.0423. The Morgan fingerprint density at radius 3 is 1.96 bits per heavy atom. The summed E-state index contributed by atoms with van der Waals surface area (Å²) in [5, 5.41) is 49.4. The smallest absolute Gasteiger partial charge is 0.326 e. The number of unbranched alkanes of at least 4 members (excludes halogenated alkanes) is 1. The van der Waals surface area contributed by atoms with Crippen LogP contribution in [0.25, 0.3) is 0 Å². The van der Waals surface area contributed by atoms with Crippen molar-refractivity contribution < 1.29 is 63.6 Å². The summed E-state index contributed by atoms with van der Waals surface area (Å²) >= 11 is 0. The first-order valence-corrected chi connectivity index (χ1v) is 17.4. The van der Waals surface area contributed by atoms with Crippen molar-refractivity contribution in [1.82, 2.24) is 31.5 Å². The third kappa shape index (κ3) is 16.5. The summed E-state index contributed by atoms with van der Waals surface area (Å²) in [6.07, 6.45) is -1.53. The molecule has 53 heavy (non-hydrogen) atoms. The molecule has 13 N–H and O–H groups in total. The van der Waals surface area contributed by atoms with E-state index in [0.717, 1.165) is 6.92 Å². The monoisotopic (exact) mass is 758 g/mol. The van der Waals surface area contributed by atoms with Crippen LogP contribution in [0.3, 0.4) is 0 Å². The van der Waals surface area contributed by atoms with Crippen LogP contribution in [0.1, 0.15) is 78.6 Å².